The molecule has 3 nitrogen and oxygen atoms in total. The van der Waals surface area contributed by atoms with E-state index in [9.17, 15) is 0 Å². The number of nitrogens with one attached hydrogen (secondary N) is 1. The first-order valence-corrected chi connectivity index (χ1v) is 6.61. The highest BCUT2D eigenvalue weighted by Gasteiger charge is 2.16. The highest BCUT2D eigenvalue weighted by atomic mass is 32.2. The van der Waals surface area contributed by atoms with Gasteiger partial charge in [-0.2, -0.15) is 11.8 Å². The maximum atomic E-state index is 5.94. The van der Waals surface area contributed by atoms with E-state index in [0.717, 1.165) is 11.3 Å². The Morgan fingerprint density at radius 1 is 1.50 bits per heavy atom. The van der Waals surface area contributed by atoms with Crippen LogP contribution in [0, 0.1) is 6.92 Å². The Bertz CT molecular complexity index is 319. The molecule has 0 aliphatic heterocycles. The number of rotatable bonds is 5. The number of pyridine rings is 1. The van der Waals surface area contributed by atoms with Gasteiger partial charge in [0.1, 0.15) is 5.82 Å². The molecule has 1 unspecified atom stereocenters. The van der Waals surface area contributed by atoms with Crippen LogP contribution in [0.3, 0.4) is 0 Å². The van der Waals surface area contributed by atoms with E-state index in [4.69, 9.17) is 5.73 Å². The fourth-order valence-electron chi connectivity index (χ4n) is 1.64. The van der Waals surface area contributed by atoms with Crippen molar-refractivity contribution in [2.45, 2.75) is 32.1 Å². The number of hydrogen-bond acceptors (Lipinski definition) is 4. The summed E-state index contributed by atoms with van der Waals surface area (Å²) >= 11 is 1.93. The van der Waals surface area contributed by atoms with Gasteiger partial charge < -0.3 is 11.1 Å². The first-order valence-electron chi connectivity index (χ1n) is 5.56. The minimum Gasteiger partial charge on any atom is -0.383 e. The number of aryl methyl sites for hydroxylation is 1. The molecule has 1 rings (SSSR count). The molecule has 1 heterocycles. The van der Waals surface area contributed by atoms with Crippen LogP contribution in [0.2, 0.25) is 0 Å². The molecule has 1 aromatic rings. The maximum Gasteiger partial charge on any atom is 0.128 e. The normalized spacial score (nSPS) is 13.1. The van der Waals surface area contributed by atoms with Gasteiger partial charge in [0.25, 0.3) is 0 Å². The largest absolute Gasteiger partial charge is 0.383 e. The number of thioether (sulfide) groups is 1. The Labute approximate surface area is 102 Å². The second kappa shape index (κ2) is 6.11. The third kappa shape index (κ3) is 3.39. The lowest BCUT2D eigenvalue weighted by Gasteiger charge is -2.20. The predicted octanol–water partition coefficient (Wildman–Crippen LogP) is 2.37. The molecule has 0 radical (unpaired) electrons. The molecule has 0 bridgehead atoms. The molecule has 4 heteroatoms. The molecule has 1 atom stereocenters. The SMILES string of the molecule is CNC(CSC(C)C)c1c(C)ccnc1N. The number of nitrogens with zero attached hydrogens (tertiary/aromatic N) is 1. The quantitative estimate of drug-likeness (QED) is 0.828. The molecule has 1 aromatic heterocycles. The van der Waals surface area contributed by atoms with Gasteiger partial charge in [0, 0.05) is 23.6 Å². The summed E-state index contributed by atoms with van der Waals surface area (Å²) in [6.07, 6.45) is 1.76. The minimum absolute atomic E-state index is 0.279. The van der Waals surface area contributed by atoms with E-state index >= 15 is 0 Å². The topological polar surface area (TPSA) is 50.9 Å². The van der Waals surface area contributed by atoms with Gasteiger partial charge in [0.05, 0.1) is 0 Å². The Kier molecular flexibility index (Phi) is 5.09. The van der Waals surface area contributed by atoms with Crippen LogP contribution in [-0.4, -0.2) is 23.0 Å². The first-order chi connectivity index (χ1) is 7.56. The molecule has 16 heavy (non-hydrogen) atoms. The van der Waals surface area contributed by atoms with Crippen LogP contribution in [-0.2, 0) is 0 Å². The van der Waals surface area contributed by atoms with Crippen molar-refractivity contribution in [3.63, 3.8) is 0 Å². The van der Waals surface area contributed by atoms with Crippen molar-refractivity contribution in [3.05, 3.63) is 23.4 Å². The van der Waals surface area contributed by atoms with Crippen molar-refractivity contribution >= 4 is 17.6 Å². The van der Waals surface area contributed by atoms with Crippen molar-refractivity contribution in [1.29, 1.82) is 0 Å². The molecule has 0 fully saturated rings. The molecule has 0 spiro atoms. The lowest BCUT2D eigenvalue weighted by molar-refractivity contribution is 0.656. The zero-order chi connectivity index (χ0) is 12.1. The summed E-state index contributed by atoms with van der Waals surface area (Å²) in [4.78, 5) is 4.16. The van der Waals surface area contributed by atoms with Crippen LogP contribution in [0.25, 0.3) is 0 Å². The van der Waals surface area contributed by atoms with Gasteiger partial charge in [-0.05, 0) is 30.9 Å². The molecule has 0 aliphatic rings. The second-order valence-electron chi connectivity index (χ2n) is 4.15. The Balaban J connectivity index is 2.86. The minimum atomic E-state index is 0.279. The van der Waals surface area contributed by atoms with Crippen molar-refractivity contribution in [2.24, 2.45) is 0 Å². The van der Waals surface area contributed by atoms with E-state index in [2.05, 4.69) is 31.1 Å². The summed E-state index contributed by atoms with van der Waals surface area (Å²) in [5.41, 5.74) is 8.29. The van der Waals surface area contributed by atoms with Crippen molar-refractivity contribution < 1.29 is 0 Å². The summed E-state index contributed by atoms with van der Waals surface area (Å²) in [5.74, 6) is 1.66. The zero-order valence-corrected chi connectivity index (χ0v) is 11.3. The van der Waals surface area contributed by atoms with E-state index in [-0.39, 0.29) is 6.04 Å². The molecule has 90 valence electrons. The molecule has 0 saturated carbocycles. The maximum absolute atomic E-state index is 5.94. The summed E-state index contributed by atoms with van der Waals surface area (Å²) < 4.78 is 0. The average Bonchev–Trinajstić information content (AvgIpc) is 2.22. The summed E-state index contributed by atoms with van der Waals surface area (Å²) in [7, 11) is 1.97. The van der Waals surface area contributed by atoms with Crippen molar-refractivity contribution in [2.75, 3.05) is 18.5 Å². The Morgan fingerprint density at radius 2 is 2.19 bits per heavy atom. The van der Waals surface area contributed by atoms with Gasteiger partial charge in [-0.25, -0.2) is 4.98 Å². The van der Waals surface area contributed by atoms with Crippen molar-refractivity contribution in [3.8, 4) is 0 Å². The van der Waals surface area contributed by atoms with Crippen LogP contribution in [0.1, 0.15) is 31.0 Å². The van der Waals surface area contributed by atoms with Gasteiger partial charge in [-0.15, -0.1) is 0 Å². The van der Waals surface area contributed by atoms with Crippen LogP contribution in [0.15, 0.2) is 12.3 Å². The molecule has 0 amide bonds. The predicted molar refractivity (Wildman–Crippen MR) is 72.8 cm³/mol. The molecule has 3 N–H and O–H groups in total. The highest BCUT2D eigenvalue weighted by Crippen LogP contribution is 2.26. The van der Waals surface area contributed by atoms with E-state index in [0.29, 0.717) is 11.1 Å². The van der Waals surface area contributed by atoms with Crippen LogP contribution in [0.4, 0.5) is 5.82 Å². The van der Waals surface area contributed by atoms with Gasteiger partial charge in [-0.3, -0.25) is 0 Å². The van der Waals surface area contributed by atoms with E-state index in [1.807, 2.05) is 24.9 Å². The molecule has 0 aromatic carbocycles. The molecule has 0 aliphatic carbocycles. The van der Waals surface area contributed by atoms with Gasteiger partial charge in [-0.1, -0.05) is 13.8 Å². The van der Waals surface area contributed by atoms with Gasteiger partial charge in [0.2, 0.25) is 0 Å². The molecule has 0 saturated heterocycles. The van der Waals surface area contributed by atoms with Crippen LogP contribution < -0.4 is 11.1 Å². The summed E-state index contributed by atoms with van der Waals surface area (Å²) in [6, 6.07) is 2.29. The summed E-state index contributed by atoms with van der Waals surface area (Å²) in [6.45, 7) is 6.49. The summed E-state index contributed by atoms with van der Waals surface area (Å²) in [5, 5.41) is 3.95. The Hall–Kier alpha value is -0.740. The number of nitrogen functional groups attached to an aromatic ring is 1. The first kappa shape index (κ1) is 13.3. The molecular formula is C12H21N3S. The second-order valence-corrected chi connectivity index (χ2v) is 5.76. The van der Waals surface area contributed by atoms with Gasteiger partial charge >= 0.3 is 0 Å². The highest BCUT2D eigenvalue weighted by molar-refractivity contribution is 7.99. The standard InChI is InChI=1S/C12H21N3S/c1-8(2)16-7-10(14-4)11-9(3)5-6-15-12(11)13/h5-6,8,10,14H,7H2,1-4H3,(H2,13,15). The third-order valence-corrected chi connectivity index (χ3v) is 3.72. The fraction of sp³-hybridized carbons (Fsp3) is 0.583. The number of aromatic nitrogens is 1. The van der Waals surface area contributed by atoms with Crippen molar-refractivity contribution in [1.82, 2.24) is 10.3 Å². The third-order valence-electron chi connectivity index (χ3n) is 2.53. The monoisotopic (exact) mass is 239 g/mol. The number of nitrogens with two attached hydrogens (primary N) is 1. The molecular weight excluding hydrogens is 218 g/mol. The van der Waals surface area contributed by atoms with Crippen LogP contribution in [0.5, 0.6) is 0 Å². The van der Waals surface area contributed by atoms with E-state index in [1.165, 1.54) is 5.56 Å². The number of anilines is 1. The zero-order valence-electron chi connectivity index (χ0n) is 10.4. The van der Waals surface area contributed by atoms with E-state index in [1.54, 1.807) is 6.20 Å². The Morgan fingerprint density at radius 3 is 2.69 bits per heavy atom. The fourth-order valence-corrected chi connectivity index (χ4v) is 2.55. The van der Waals surface area contributed by atoms with Crippen LogP contribution >= 0.6 is 11.8 Å². The lowest BCUT2D eigenvalue weighted by atomic mass is 10.0. The average molecular weight is 239 g/mol. The van der Waals surface area contributed by atoms with E-state index < -0.39 is 0 Å². The smallest absolute Gasteiger partial charge is 0.128 e. The lowest BCUT2D eigenvalue weighted by Crippen LogP contribution is -2.22. The number of hydrogen-bond donors (Lipinski definition) is 2. The van der Waals surface area contributed by atoms with Gasteiger partial charge in [0.15, 0.2) is 0 Å².